The fourth-order valence-corrected chi connectivity index (χ4v) is 2.58. The molecule has 0 saturated heterocycles. The molecule has 106 valence electrons. The Bertz CT molecular complexity index is 675. The van der Waals surface area contributed by atoms with Gasteiger partial charge in [-0.3, -0.25) is 4.18 Å². The molecule has 2 aromatic carbocycles. The first-order chi connectivity index (χ1) is 9.51. The van der Waals surface area contributed by atoms with E-state index in [0.717, 1.165) is 11.1 Å². The van der Waals surface area contributed by atoms with Crippen LogP contribution in [-0.2, 0) is 20.9 Å². The molecule has 0 unspecified atom stereocenters. The van der Waals surface area contributed by atoms with Crippen LogP contribution in [0.5, 0.6) is 5.75 Å². The molecule has 0 atom stereocenters. The summed E-state index contributed by atoms with van der Waals surface area (Å²) < 4.78 is 34.2. The third-order valence-corrected chi connectivity index (χ3v) is 4.10. The molecule has 0 fully saturated rings. The highest BCUT2D eigenvalue weighted by atomic mass is 32.2. The lowest BCUT2D eigenvalue weighted by molar-refractivity contribution is 0.307. The zero-order valence-corrected chi connectivity index (χ0v) is 12.2. The highest BCUT2D eigenvalue weighted by Gasteiger charge is 2.14. The summed E-state index contributed by atoms with van der Waals surface area (Å²) >= 11 is 0. The molecule has 2 rings (SSSR count). The van der Waals surface area contributed by atoms with Gasteiger partial charge < -0.3 is 4.74 Å². The molecule has 0 saturated carbocycles. The van der Waals surface area contributed by atoms with Gasteiger partial charge in [0.2, 0.25) is 0 Å². The van der Waals surface area contributed by atoms with Crippen LogP contribution in [0.1, 0.15) is 11.1 Å². The van der Waals surface area contributed by atoms with Crippen molar-refractivity contribution in [3.8, 4) is 5.75 Å². The van der Waals surface area contributed by atoms with Crippen molar-refractivity contribution in [1.82, 2.24) is 0 Å². The Kier molecular flexibility index (Phi) is 4.42. The normalized spacial score (nSPS) is 11.3. The third kappa shape index (κ3) is 3.59. The Hall–Kier alpha value is -1.85. The summed E-state index contributed by atoms with van der Waals surface area (Å²) in [7, 11) is -2.18. The molecule has 0 aliphatic carbocycles. The highest BCUT2D eigenvalue weighted by molar-refractivity contribution is 7.86. The van der Waals surface area contributed by atoms with Crippen LogP contribution in [-0.4, -0.2) is 15.5 Å². The molecule has 0 heterocycles. The van der Waals surface area contributed by atoms with Crippen molar-refractivity contribution in [2.24, 2.45) is 0 Å². The molecule has 0 amide bonds. The Balaban J connectivity index is 2.10. The van der Waals surface area contributed by atoms with Gasteiger partial charge >= 0.3 is 0 Å². The van der Waals surface area contributed by atoms with Crippen LogP contribution in [0.4, 0.5) is 0 Å². The number of benzene rings is 2. The van der Waals surface area contributed by atoms with Gasteiger partial charge in [0.25, 0.3) is 10.1 Å². The first-order valence-electron chi connectivity index (χ1n) is 6.10. The summed E-state index contributed by atoms with van der Waals surface area (Å²) in [4.78, 5) is 0.158. The second-order valence-electron chi connectivity index (χ2n) is 4.38. The summed E-state index contributed by atoms with van der Waals surface area (Å²) in [6.45, 7) is 1.88. The zero-order valence-electron chi connectivity index (χ0n) is 11.4. The fraction of sp³-hybridized carbons (Fsp3) is 0.200. The van der Waals surface area contributed by atoms with Gasteiger partial charge in [0.1, 0.15) is 5.75 Å². The lowest BCUT2D eigenvalue weighted by Crippen LogP contribution is -2.06. The lowest BCUT2D eigenvalue weighted by atomic mass is 10.2. The van der Waals surface area contributed by atoms with Crippen LogP contribution in [0.15, 0.2) is 53.4 Å². The van der Waals surface area contributed by atoms with Gasteiger partial charge in [-0.25, -0.2) is 0 Å². The van der Waals surface area contributed by atoms with Gasteiger partial charge in [0.05, 0.1) is 18.6 Å². The highest BCUT2D eigenvalue weighted by Crippen LogP contribution is 2.17. The van der Waals surface area contributed by atoms with E-state index in [9.17, 15) is 8.42 Å². The van der Waals surface area contributed by atoms with Crippen molar-refractivity contribution in [2.45, 2.75) is 18.4 Å². The van der Waals surface area contributed by atoms with Crippen LogP contribution in [0.3, 0.4) is 0 Å². The standard InChI is InChI=1S/C15H16O4S/c1-12-6-8-15(9-7-12)20(16,17)19-11-13-4-3-5-14(10-13)18-2/h3-10H,11H2,1-2H3. The number of aryl methyl sites for hydroxylation is 1. The van der Waals surface area contributed by atoms with Gasteiger partial charge in [0.15, 0.2) is 0 Å². The Morgan fingerprint density at radius 3 is 2.40 bits per heavy atom. The van der Waals surface area contributed by atoms with E-state index in [4.69, 9.17) is 8.92 Å². The molecule has 0 aliphatic rings. The number of ether oxygens (including phenoxy) is 1. The SMILES string of the molecule is COc1cccc(COS(=O)(=O)c2ccc(C)cc2)c1. The maximum Gasteiger partial charge on any atom is 0.297 e. The second-order valence-corrected chi connectivity index (χ2v) is 6.00. The second kappa shape index (κ2) is 6.07. The molecule has 20 heavy (non-hydrogen) atoms. The van der Waals surface area contributed by atoms with E-state index >= 15 is 0 Å². The van der Waals surface area contributed by atoms with E-state index in [-0.39, 0.29) is 11.5 Å². The Morgan fingerprint density at radius 1 is 1.05 bits per heavy atom. The molecule has 0 aromatic heterocycles. The monoisotopic (exact) mass is 292 g/mol. The van der Waals surface area contributed by atoms with Gasteiger partial charge in [-0.05, 0) is 36.8 Å². The average molecular weight is 292 g/mol. The van der Waals surface area contributed by atoms with Crippen molar-refractivity contribution in [3.63, 3.8) is 0 Å². The van der Waals surface area contributed by atoms with Crippen LogP contribution >= 0.6 is 0 Å². The van der Waals surface area contributed by atoms with Crippen LogP contribution in [0, 0.1) is 6.92 Å². The molecule has 4 nitrogen and oxygen atoms in total. The molecule has 0 N–H and O–H groups in total. The van der Waals surface area contributed by atoms with E-state index in [1.54, 1.807) is 43.5 Å². The number of hydrogen-bond donors (Lipinski definition) is 0. The smallest absolute Gasteiger partial charge is 0.297 e. The van der Waals surface area contributed by atoms with Crippen LogP contribution < -0.4 is 4.74 Å². The molecule has 0 radical (unpaired) electrons. The molecule has 0 bridgehead atoms. The van der Waals surface area contributed by atoms with Crippen molar-refractivity contribution in [1.29, 1.82) is 0 Å². The molecule has 2 aromatic rings. The van der Waals surface area contributed by atoms with E-state index in [1.165, 1.54) is 12.1 Å². The predicted octanol–water partition coefficient (Wildman–Crippen LogP) is 2.91. The first kappa shape index (κ1) is 14.6. The topological polar surface area (TPSA) is 52.6 Å². The molecule has 0 aliphatic heterocycles. The quantitative estimate of drug-likeness (QED) is 0.795. The van der Waals surface area contributed by atoms with Crippen molar-refractivity contribution < 1.29 is 17.3 Å². The fourth-order valence-electron chi connectivity index (χ4n) is 1.68. The lowest BCUT2D eigenvalue weighted by Gasteiger charge is -2.07. The minimum atomic E-state index is -3.74. The number of hydrogen-bond acceptors (Lipinski definition) is 4. The predicted molar refractivity (Wildman–Crippen MR) is 76.1 cm³/mol. The largest absolute Gasteiger partial charge is 0.497 e. The minimum absolute atomic E-state index is 0.0204. The summed E-state index contributed by atoms with van der Waals surface area (Å²) in [5.41, 5.74) is 1.73. The molecule has 5 heteroatoms. The molecular formula is C15H16O4S. The first-order valence-corrected chi connectivity index (χ1v) is 7.51. The van der Waals surface area contributed by atoms with Crippen molar-refractivity contribution in [3.05, 3.63) is 59.7 Å². The summed E-state index contributed by atoms with van der Waals surface area (Å²) in [5.74, 6) is 0.666. The minimum Gasteiger partial charge on any atom is -0.497 e. The van der Waals surface area contributed by atoms with E-state index in [2.05, 4.69) is 0 Å². The van der Waals surface area contributed by atoms with Crippen molar-refractivity contribution in [2.75, 3.05) is 7.11 Å². The van der Waals surface area contributed by atoms with Gasteiger partial charge in [0, 0.05) is 0 Å². The molecular weight excluding hydrogens is 276 g/mol. The van der Waals surface area contributed by atoms with E-state index in [0.29, 0.717) is 5.75 Å². The third-order valence-electron chi connectivity index (χ3n) is 2.82. The maximum atomic E-state index is 12.0. The van der Waals surface area contributed by atoms with E-state index < -0.39 is 10.1 Å². The maximum absolute atomic E-state index is 12.0. The van der Waals surface area contributed by atoms with Gasteiger partial charge in [-0.1, -0.05) is 29.8 Å². The summed E-state index contributed by atoms with van der Waals surface area (Å²) in [5, 5.41) is 0. The molecule has 0 spiro atoms. The zero-order chi connectivity index (χ0) is 14.6. The van der Waals surface area contributed by atoms with Gasteiger partial charge in [-0.2, -0.15) is 8.42 Å². The average Bonchev–Trinajstić information content (AvgIpc) is 2.46. The summed E-state index contributed by atoms with van der Waals surface area (Å²) in [6.07, 6.45) is 0. The van der Waals surface area contributed by atoms with Crippen LogP contribution in [0.2, 0.25) is 0 Å². The number of methoxy groups -OCH3 is 1. The van der Waals surface area contributed by atoms with Crippen LogP contribution in [0.25, 0.3) is 0 Å². The van der Waals surface area contributed by atoms with E-state index in [1.807, 2.05) is 6.92 Å². The Labute approximate surface area is 119 Å². The Morgan fingerprint density at radius 2 is 1.75 bits per heavy atom. The number of rotatable bonds is 5. The summed E-state index contributed by atoms with van der Waals surface area (Å²) in [6, 6.07) is 13.7. The van der Waals surface area contributed by atoms with Crippen molar-refractivity contribution >= 4 is 10.1 Å². The van der Waals surface area contributed by atoms with Gasteiger partial charge in [-0.15, -0.1) is 0 Å².